The summed E-state index contributed by atoms with van der Waals surface area (Å²) >= 11 is 1.43. The molecule has 1 atom stereocenters. The molecule has 0 N–H and O–H groups in total. The number of nitrogens with zero attached hydrogens (tertiary/aromatic N) is 4. The van der Waals surface area contributed by atoms with Gasteiger partial charge in [-0.2, -0.15) is 13.2 Å². The highest BCUT2D eigenvalue weighted by Gasteiger charge is 2.34. The lowest BCUT2D eigenvalue weighted by Crippen LogP contribution is -2.13. The van der Waals surface area contributed by atoms with Gasteiger partial charge in [0.15, 0.2) is 0 Å². The molecule has 1 fully saturated rings. The summed E-state index contributed by atoms with van der Waals surface area (Å²) in [5, 5.41) is 0.841. The van der Waals surface area contributed by atoms with E-state index in [1.165, 1.54) is 11.3 Å². The summed E-state index contributed by atoms with van der Waals surface area (Å²) in [6.45, 7) is 3.61. The number of halogens is 3. The Bertz CT molecular complexity index is 953. The summed E-state index contributed by atoms with van der Waals surface area (Å²) < 4.78 is 49.4. The average Bonchev–Trinajstić information content (AvgIpc) is 3.26. The number of aryl methyl sites for hydroxylation is 1. The number of hydrogen-bond donors (Lipinski definition) is 0. The van der Waals surface area contributed by atoms with Crippen molar-refractivity contribution in [1.82, 2.24) is 19.9 Å². The van der Waals surface area contributed by atoms with Crippen molar-refractivity contribution in [2.24, 2.45) is 5.92 Å². The zero-order valence-electron chi connectivity index (χ0n) is 14.3. The highest BCUT2D eigenvalue weighted by Crippen LogP contribution is 2.34. The van der Waals surface area contributed by atoms with Crippen molar-refractivity contribution < 1.29 is 22.6 Å². The molecule has 10 heteroatoms. The molecule has 142 valence electrons. The molecule has 1 saturated heterocycles. The van der Waals surface area contributed by atoms with E-state index in [1.54, 1.807) is 6.07 Å². The summed E-state index contributed by atoms with van der Waals surface area (Å²) in [5.74, 6) is -0.584. The third kappa shape index (κ3) is 3.86. The summed E-state index contributed by atoms with van der Waals surface area (Å²) in [7, 11) is 0. The topological polar surface area (TPSA) is 70.0 Å². The fourth-order valence-electron chi connectivity index (χ4n) is 2.80. The number of ether oxygens (including phenoxy) is 2. The number of alkyl halides is 3. The van der Waals surface area contributed by atoms with Gasteiger partial charge in [0.05, 0.1) is 18.2 Å². The van der Waals surface area contributed by atoms with Crippen LogP contribution in [0.25, 0.3) is 21.5 Å². The molecular formula is C17H15F3N4O2S. The van der Waals surface area contributed by atoms with E-state index in [9.17, 15) is 13.2 Å². The molecular weight excluding hydrogens is 381 g/mol. The van der Waals surface area contributed by atoms with E-state index in [0.717, 1.165) is 23.8 Å². The Balaban J connectivity index is 1.71. The van der Waals surface area contributed by atoms with Crippen LogP contribution in [0.2, 0.25) is 0 Å². The Morgan fingerprint density at radius 1 is 1.26 bits per heavy atom. The third-order valence-corrected chi connectivity index (χ3v) is 5.03. The molecule has 0 aromatic carbocycles. The van der Waals surface area contributed by atoms with Crippen molar-refractivity contribution >= 4 is 21.7 Å². The molecule has 0 saturated carbocycles. The highest BCUT2D eigenvalue weighted by atomic mass is 32.1. The normalized spacial score (nSPS) is 17.6. The van der Waals surface area contributed by atoms with Gasteiger partial charge >= 0.3 is 6.18 Å². The number of hydrogen-bond acceptors (Lipinski definition) is 7. The van der Waals surface area contributed by atoms with Crippen LogP contribution in [0.5, 0.6) is 5.88 Å². The minimum atomic E-state index is -4.59. The molecule has 0 bridgehead atoms. The fraction of sp³-hybridized carbons (Fsp3) is 0.412. The van der Waals surface area contributed by atoms with Crippen LogP contribution in [-0.2, 0) is 10.9 Å². The van der Waals surface area contributed by atoms with Gasteiger partial charge in [-0.15, -0.1) is 0 Å². The lowest BCUT2D eigenvalue weighted by Gasteiger charge is -2.13. The van der Waals surface area contributed by atoms with Crippen molar-refractivity contribution in [1.29, 1.82) is 0 Å². The SMILES string of the molecule is Cc1nc2cc(-c3cnc(C(F)(F)F)nc3)c(OCC3CCOC3)nc2s1. The van der Waals surface area contributed by atoms with Crippen molar-refractivity contribution in [3.63, 3.8) is 0 Å². The zero-order valence-corrected chi connectivity index (χ0v) is 15.1. The average molecular weight is 396 g/mol. The predicted octanol–water partition coefficient (Wildman–Crippen LogP) is 3.89. The van der Waals surface area contributed by atoms with Gasteiger partial charge in [0.1, 0.15) is 10.3 Å². The summed E-state index contributed by atoms with van der Waals surface area (Å²) in [5.41, 5.74) is 1.56. The Kier molecular flexibility index (Phi) is 4.68. The second-order valence-electron chi connectivity index (χ2n) is 6.23. The van der Waals surface area contributed by atoms with E-state index in [-0.39, 0.29) is 5.92 Å². The second-order valence-corrected chi connectivity index (χ2v) is 7.41. The molecule has 4 rings (SSSR count). The molecule has 3 aromatic rings. The number of aromatic nitrogens is 4. The van der Waals surface area contributed by atoms with Gasteiger partial charge in [0.25, 0.3) is 0 Å². The number of pyridine rings is 1. The minimum Gasteiger partial charge on any atom is -0.477 e. The van der Waals surface area contributed by atoms with Crippen molar-refractivity contribution in [3.8, 4) is 17.0 Å². The molecule has 3 aromatic heterocycles. The van der Waals surface area contributed by atoms with Gasteiger partial charge in [0.2, 0.25) is 11.7 Å². The molecule has 1 unspecified atom stereocenters. The molecule has 0 radical (unpaired) electrons. The molecule has 27 heavy (non-hydrogen) atoms. The van der Waals surface area contributed by atoms with Gasteiger partial charge in [-0.3, -0.25) is 0 Å². The summed E-state index contributed by atoms with van der Waals surface area (Å²) in [4.78, 5) is 16.5. The zero-order chi connectivity index (χ0) is 19.0. The van der Waals surface area contributed by atoms with Gasteiger partial charge in [-0.05, 0) is 19.4 Å². The first-order chi connectivity index (χ1) is 12.9. The maximum Gasteiger partial charge on any atom is 0.451 e. The van der Waals surface area contributed by atoms with E-state index in [4.69, 9.17) is 9.47 Å². The molecule has 0 spiro atoms. The number of fused-ring (bicyclic) bond motifs is 1. The summed E-state index contributed by atoms with van der Waals surface area (Å²) in [6, 6.07) is 1.75. The van der Waals surface area contributed by atoms with E-state index in [1.807, 2.05) is 6.92 Å². The fourth-order valence-corrected chi connectivity index (χ4v) is 3.56. The van der Waals surface area contributed by atoms with Crippen molar-refractivity contribution in [2.45, 2.75) is 19.5 Å². The van der Waals surface area contributed by atoms with Crippen molar-refractivity contribution in [2.75, 3.05) is 19.8 Å². The van der Waals surface area contributed by atoms with Crippen LogP contribution in [0, 0.1) is 12.8 Å². The predicted molar refractivity (Wildman–Crippen MR) is 92.6 cm³/mol. The number of rotatable bonds is 4. The first-order valence-corrected chi connectivity index (χ1v) is 9.10. The quantitative estimate of drug-likeness (QED) is 0.666. The van der Waals surface area contributed by atoms with E-state index in [2.05, 4.69) is 19.9 Å². The van der Waals surface area contributed by atoms with Crippen LogP contribution < -0.4 is 4.74 Å². The standard InChI is InChI=1S/C17H15F3N4O2S/c1-9-23-13-4-12(11-5-21-16(22-6-11)17(18,19)20)14(24-15(13)27-9)26-8-10-2-3-25-7-10/h4-6,10H,2-3,7-8H2,1H3. The van der Waals surface area contributed by atoms with Crippen LogP contribution in [-0.4, -0.2) is 39.8 Å². The Hall–Kier alpha value is -2.33. The van der Waals surface area contributed by atoms with Crippen LogP contribution >= 0.6 is 11.3 Å². The minimum absolute atomic E-state index is 0.266. The van der Waals surface area contributed by atoms with Crippen LogP contribution in [0.3, 0.4) is 0 Å². The maximum absolute atomic E-state index is 12.7. The largest absolute Gasteiger partial charge is 0.477 e. The molecule has 0 amide bonds. The monoisotopic (exact) mass is 396 g/mol. The van der Waals surface area contributed by atoms with Crippen molar-refractivity contribution in [3.05, 3.63) is 29.3 Å². The Morgan fingerprint density at radius 3 is 2.70 bits per heavy atom. The van der Waals surface area contributed by atoms with Crippen LogP contribution in [0.1, 0.15) is 17.3 Å². The maximum atomic E-state index is 12.7. The smallest absolute Gasteiger partial charge is 0.451 e. The molecule has 0 aliphatic carbocycles. The summed E-state index contributed by atoms with van der Waals surface area (Å²) in [6.07, 6.45) is -1.43. The van der Waals surface area contributed by atoms with Gasteiger partial charge < -0.3 is 9.47 Å². The van der Waals surface area contributed by atoms with E-state index in [0.29, 0.717) is 47.2 Å². The first-order valence-electron chi connectivity index (χ1n) is 8.28. The number of thiazole rings is 1. The van der Waals surface area contributed by atoms with Crippen LogP contribution in [0.4, 0.5) is 13.2 Å². The lowest BCUT2D eigenvalue weighted by molar-refractivity contribution is -0.144. The molecule has 1 aliphatic heterocycles. The van der Waals surface area contributed by atoms with E-state index >= 15 is 0 Å². The molecule has 6 nitrogen and oxygen atoms in total. The molecule has 1 aliphatic rings. The van der Waals surface area contributed by atoms with Gasteiger partial charge in [-0.1, -0.05) is 11.3 Å². The molecule has 4 heterocycles. The second kappa shape index (κ2) is 7.01. The Morgan fingerprint density at radius 2 is 2.04 bits per heavy atom. The van der Waals surface area contributed by atoms with Gasteiger partial charge in [0, 0.05) is 36.0 Å². The Labute approximate surface area is 156 Å². The first kappa shape index (κ1) is 18.1. The van der Waals surface area contributed by atoms with E-state index < -0.39 is 12.0 Å². The highest BCUT2D eigenvalue weighted by molar-refractivity contribution is 7.18. The lowest BCUT2D eigenvalue weighted by atomic mass is 10.1. The third-order valence-electron chi connectivity index (χ3n) is 4.15. The van der Waals surface area contributed by atoms with Crippen LogP contribution in [0.15, 0.2) is 18.5 Å². The van der Waals surface area contributed by atoms with Gasteiger partial charge in [-0.25, -0.2) is 19.9 Å².